The van der Waals surface area contributed by atoms with Gasteiger partial charge in [0.05, 0.1) is 79.4 Å². The number of ether oxygens (including phenoxy) is 3. The predicted octanol–water partition coefficient (Wildman–Crippen LogP) is -2.55. The fraction of sp³-hybridized carbons (Fsp3) is 0.674. The number of fused-ring (bicyclic) bond motifs is 1. The summed E-state index contributed by atoms with van der Waals surface area (Å²) in [6.45, 7) is 19.5. The number of unbranched alkanes of at least 4 members (excludes halogenated alkanes) is 31. The van der Waals surface area contributed by atoms with E-state index in [9.17, 15) is 38.4 Å². The van der Waals surface area contributed by atoms with E-state index in [0.717, 1.165) is 116 Å². The highest BCUT2D eigenvalue weighted by Gasteiger charge is 2.42. The second-order valence-corrected chi connectivity index (χ2v) is 32.3. The lowest BCUT2D eigenvalue weighted by Gasteiger charge is -2.19. The van der Waals surface area contributed by atoms with Crippen LogP contribution in [0.5, 0.6) is 0 Å². The van der Waals surface area contributed by atoms with Gasteiger partial charge in [-0.15, -0.1) is 0 Å². The van der Waals surface area contributed by atoms with Crippen LogP contribution in [-0.4, -0.2) is 134 Å². The monoisotopic (exact) mass is 2330 g/mol. The maximum Gasteiger partial charge on any atom is 0.307 e. The van der Waals surface area contributed by atoms with Crippen molar-refractivity contribution in [3.05, 3.63) is 123 Å². The number of aryl methyl sites for hydroxylation is 11. The molecule has 716 valence electrons. The van der Waals surface area contributed by atoms with Gasteiger partial charge in [-0.25, -0.2) is 45.7 Å². The minimum absolute atomic E-state index is 0. The first kappa shape index (κ1) is 128. The van der Waals surface area contributed by atoms with Crippen molar-refractivity contribution in [1.29, 1.82) is 0 Å². The molecule has 0 aliphatic carbocycles. The largest absolute Gasteiger partial charge is 1.00 e. The van der Waals surface area contributed by atoms with Gasteiger partial charge in [0.15, 0.2) is 19.2 Å². The highest BCUT2D eigenvalue weighted by molar-refractivity contribution is 5.93. The molecule has 0 unspecified atom stereocenters. The summed E-state index contributed by atoms with van der Waals surface area (Å²) >= 11 is 0. The van der Waals surface area contributed by atoms with E-state index in [4.69, 9.17) is 25.2 Å². The van der Waals surface area contributed by atoms with Gasteiger partial charge in [-0.2, -0.15) is 4.58 Å². The molecule has 1 aliphatic heterocycles. The van der Waals surface area contributed by atoms with E-state index in [0.29, 0.717) is 45.3 Å². The quantitative estimate of drug-likeness (QED) is 0.00764. The Morgan fingerprint density at radius 3 is 1.05 bits per heavy atom. The van der Waals surface area contributed by atoms with Gasteiger partial charge in [0.1, 0.15) is 75.1 Å². The molecular formula is C92H156Br2I4N12O15. The van der Waals surface area contributed by atoms with Gasteiger partial charge in [-0.3, -0.25) is 43.3 Å². The van der Waals surface area contributed by atoms with Crippen LogP contribution in [0.15, 0.2) is 112 Å². The average Bonchev–Trinajstić information content (AvgIpc) is 1.60. The van der Waals surface area contributed by atoms with Crippen molar-refractivity contribution in [3.8, 4) is 0 Å². The summed E-state index contributed by atoms with van der Waals surface area (Å²) in [5, 5.41) is 33.9. The van der Waals surface area contributed by atoms with Crippen molar-refractivity contribution in [2.75, 3.05) is 26.6 Å². The number of amides is 1. The predicted molar refractivity (Wildman–Crippen MR) is 460 cm³/mol. The lowest BCUT2D eigenvalue weighted by molar-refractivity contribution is -0.696. The number of rotatable bonds is 63. The first-order valence-electron chi connectivity index (χ1n) is 44.5. The normalized spacial score (nSPS) is 11.0. The van der Waals surface area contributed by atoms with Crippen LogP contribution in [-0.2, 0) is 125 Å². The van der Waals surface area contributed by atoms with Crippen molar-refractivity contribution in [3.63, 3.8) is 0 Å². The number of halogens is 6. The van der Waals surface area contributed by atoms with Crippen molar-refractivity contribution >= 4 is 60.6 Å². The standard InChI is InChI=1S/C19H32N3O5.C18H32N2O2.C18H26NO2.2C15H26N2O2.C7H10N2O2.2BrH.4HI/c1-20-12-13-21(14-20)11-9-7-5-3-2-4-6-8-10-19(25)22(15-26-17-23)16-27-18-24;1-2-3-13-19-15-16-20(17-19)14-11-9-7-5-4-6-8-10-12-18(21)22;1-14-8-9-17-16(12-14)18(3,4)15(2)19(17)10-6-5-7-11-21-13-20;2*1-16-12-13-17(14-16)11-9-7-5-3-2-4-6-8-10-15(18)19;1-8-4-5-9(6-8)3-2-7(10)11;;;;;;/h12-14,17-18H,2-11,15-16H2,1H3;15-17H,2-14H2,1H3;8-9,12-13H,5-7,10-11H2,1-4H3;2*12-14H,2-11H2,1H3;4-6H,2-3H2,1H3;6*1H/q+1;;+1;;;;;;;;;/p-2. The third kappa shape index (κ3) is 68.3. The molecule has 5 aromatic heterocycles. The van der Waals surface area contributed by atoms with Gasteiger partial charge in [0.25, 0.3) is 19.4 Å². The molecule has 1 aromatic carbocycles. The van der Waals surface area contributed by atoms with E-state index in [-0.39, 0.29) is 174 Å². The SMILES string of the molecule is CC1=[N+](CCCCCOC=O)c2ccc(C)cc2C1(C)C.CCCCn1cc[n+](CCCCCCCCCCC(=O)O)c1.C[n+]1ccn(CCC(=O)O)c1.C[n+]1ccn(CCCCCCCCCCC(=O)N(COC=O)COC=O)c1.C[n+]1ccn(CCCCCCCCCCC(=O)O)c1.C[n+]1ccn(CCCCCCCCCCC(=O)O)c1.[Br-].[Br-].[I-].[I-].[I-].[I-]. The molecule has 0 bridgehead atoms. The molecule has 27 nitrogen and oxygen atoms in total. The zero-order valence-electron chi connectivity index (χ0n) is 76.8. The molecule has 0 fully saturated rings. The molecule has 4 N–H and O–H groups in total. The molecule has 33 heteroatoms. The van der Waals surface area contributed by atoms with Gasteiger partial charge in [0.2, 0.25) is 43.2 Å². The van der Waals surface area contributed by atoms with Gasteiger partial charge in [-0.05, 0) is 123 Å². The van der Waals surface area contributed by atoms with Crippen molar-refractivity contribution in [2.45, 2.75) is 349 Å². The van der Waals surface area contributed by atoms with Gasteiger partial charge < -0.3 is 165 Å². The van der Waals surface area contributed by atoms with Crippen molar-refractivity contribution < 1.29 is 230 Å². The molecule has 0 spiro atoms. The molecule has 7 rings (SSSR count). The fourth-order valence-corrected chi connectivity index (χ4v) is 14.0. The molecule has 0 saturated carbocycles. The Morgan fingerprint density at radius 2 is 0.696 bits per heavy atom. The molecular weight excluding hydrogens is 2180 g/mol. The smallest absolute Gasteiger partial charge is 0.307 e. The molecule has 125 heavy (non-hydrogen) atoms. The molecule has 1 aliphatic rings. The number of carboxylic acid groups (broad SMARTS) is 4. The Bertz CT molecular complexity index is 3640. The van der Waals surface area contributed by atoms with E-state index in [1.165, 1.54) is 188 Å². The number of hydrogen-bond acceptors (Lipinski definition) is 11. The van der Waals surface area contributed by atoms with Crippen LogP contribution in [0, 0.1) is 6.92 Å². The third-order valence-electron chi connectivity index (χ3n) is 21.2. The second kappa shape index (κ2) is 84.1. The summed E-state index contributed by atoms with van der Waals surface area (Å²) in [5.74, 6) is -2.95. The summed E-state index contributed by atoms with van der Waals surface area (Å²) < 4.78 is 37.4. The lowest BCUT2D eigenvalue weighted by Crippen LogP contribution is -3.00. The maximum atomic E-state index is 12.0. The lowest BCUT2D eigenvalue weighted by atomic mass is 9.82. The molecule has 6 heterocycles. The number of nitrogens with zero attached hydrogens (tertiary/aromatic N) is 12. The summed E-state index contributed by atoms with van der Waals surface area (Å²) in [7, 11) is 8.01. The molecule has 1 amide bonds. The summed E-state index contributed by atoms with van der Waals surface area (Å²) in [6.07, 6.45) is 75.4. The number of carbonyl (C=O) groups excluding carboxylic acids is 4. The van der Waals surface area contributed by atoms with E-state index in [1.54, 1.807) is 0 Å². The average molecular weight is 2340 g/mol. The Kier molecular flexibility index (Phi) is 86.2. The third-order valence-corrected chi connectivity index (χ3v) is 21.2. The summed E-state index contributed by atoms with van der Waals surface area (Å²) in [4.78, 5) is 84.9. The highest BCUT2D eigenvalue weighted by Crippen LogP contribution is 2.40. The Balaban J connectivity index is -0.000000462. The Morgan fingerprint density at radius 1 is 0.384 bits per heavy atom. The van der Waals surface area contributed by atoms with Crippen LogP contribution in [0.25, 0.3) is 0 Å². The van der Waals surface area contributed by atoms with Crippen LogP contribution in [0.3, 0.4) is 0 Å². The van der Waals surface area contributed by atoms with Crippen LogP contribution in [0.4, 0.5) is 5.69 Å². The number of aromatic nitrogens is 10. The van der Waals surface area contributed by atoms with Gasteiger partial charge in [0, 0.05) is 50.7 Å². The maximum absolute atomic E-state index is 12.0. The van der Waals surface area contributed by atoms with Gasteiger partial charge >= 0.3 is 23.9 Å². The number of hydrogen-bond donors (Lipinski definition) is 4. The van der Waals surface area contributed by atoms with Crippen LogP contribution in [0.1, 0.15) is 308 Å². The minimum atomic E-state index is -0.763. The number of benzene rings is 1. The van der Waals surface area contributed by atoms with Crippen LogP contribution in [0.2, 0.25) is 0 Å². The second-order valence-electron chi connectivity index (χ2n) is 32.3. The van der Waals surface area contributed by atoms with Gasteiger partial charge in [-0.1, -0.05) is 153 Å². The summed E-state index contributed by atoms with van der Waals surface area (Å²) in [6, 6.07) is 6.76. The Labute approximate surface area is 837 Å². The topological polar surface area (TPSA) is 295 Å². The number of carboxylic acids is 4. The number of aliphatic carboxylic acids is 4. The first-order chi connectivity index (χ1) is 57.4. The minimum Gasteiger partial charge on any atom is -1.00 e. The highest BCUT2D eigenvalue weighted by atomic mass is 127. The van der Waals surface area contributed by atoms with Crippen LogP contribution >= 0.6 is 0 Å². The first-order valence-corrected chi connectivity index (χ1v) is 44.5. The van der Waals surface area contributed by atoms with E-state index in [1.807, 2.05) is 56.0 Å². The number of carbonyl (C=O) groups is 8. The van der Waals surface area contributed by atoms with Crippen molar-refractivity contribution in [1.82, 2.24) is 27.7 Å². The van der Waals surface area contributed by atoms with E-state index in [2.05, 4.69) is 178 Å². The summed E-state index contributed by atoms with van der Waals surface area (Å²) in [5.41, 5.74) is 5.65. The van der Waals surface area contributed by atoms with E-state index >= 15 is 0 Å². The molecule has 0 radical (unpaired) electrons. The van der Waals surface area contributed by atoms with Crippen molar-refractivity contribution in [2.24, 2.45) is 28.2 Å². The molecule has 0 saturated heterocycles. The zero-order valence-corrected chi connectivity index (χ0v) is 88.6. The Hall–Kier alpha value is -5.42. The van der Waals surface area contributed by atoms with E-state index < -0.39 is 23.9 Å². The zero-order chi connectivity index (χ0) is 87.4. The molecule has 0 atom stereocenters. The van der Waals surface area contributed by atoms with Crippen LogP contribution < -0.4 is 153 Å². The molecule has 6 aromatic rings. The number of imidazole rings is 5. The fourth-order valence-electron chi connectivity index (χ4n) is 14.0.